The van der Waals surface area contributed by atoms with E-state index < -0.39 is 0 Å². The molecule has 1 aromatic rings. The largest absolute Gasteiger partial charge is 0.374 e. The van der Waals surface area contributed by atoms with Gasteiger partial charge in [-0.3, -0.25) is 0 Å². The van der Waals surface area contributed by atoms with E-state index in [9.17, 15) is 0 Å². The summed E-state index contributed by atoms with van der Waals surface area (Å²) in [6.07, 6.45) is 7.97. The van der Waals surface area contributed by atoms with Crippen LogP contribution in [0.1, 0.15) is 49.3 Å². The molecule has 2 nitrogen and oxygen atoms in total. The third-order valence-corrected chi connectivity index (χ3v) is 4.18. The SMILES string of the molecule is c1cc(C2CCCO2)ccc1CC1CCCCN1. The first-order valence-corrected chi connectivity index (χ1v) is 7.35. The van der Waals surface area contributed by atoms with Gasteiger partial charge in [-0.25, -0.2) is 0 Å². The molecule has 3 rings (SSSR count). The van der Waals surface area contributed by atoms with Gasteiger partial charge in [-0.05, 0) is 49.8 Å². The van der Waals surface area contributed by atoms with Gasteiger partial charge in [0.05, 0.1) is 6.10 Å². The zero-order valence-corrected chi connectivity index (χ0v) is 11.0. The van der Waals surface area contributed by atoms with Crippen LogP contribution in [-0.4, -0.2) is 19.2 Å². The minimum Gasteiger partial charge on any atom is -0.374 e. The second kappa shape index (κ2) is 5.85. The highest BCUT2D eigenvalue weighted by atomic mass is 16.5. The van der Waals surface area contributed by atoms with E-state index in [0.717, 1.165) is 6.61 Å². The Morgan fingerprint density at radius 3 is 2.61 bits per heavy atom. The third kappa shape index (κ3) is 2.93. The van der Waals surface area contributed by atoms with Gasteiger partial charge in [-0.15, -0.1) is 0 Å². The number of ether oxygens (including phenoxy) is 1. The zero-order valence-electron chi connectivity index (χ0n) is 11.0. The van der Waals surface area contributed by atoms with E-state index in [1.54, 1.807) is 0 Å². The van der Waals surface area contributed by atoms with Crippen molar-refractivity contribution in [1.29, 1.82) is 0 Å². The van der Waals surface area contributed by atoms with Crippen LogP contribution in [-0.2, 0) is 11.2 Å². The summed E-state index contributed by atoms with van der Waals surface area (Å²) in [5, 5.41) is 3.61. The average Bonchev–Trinajstić information content (AvgIpc) is 2.95. The number of nitrogens with one attached hydrogen (secondary N) is 1. The van der Waals surface area contributed by atoms with Gasteiger partial charge in [-0.1, -0.05) is 30.7 Å². The molecule has 0 amide bonds. The lowest BCUT2D eigenvalue weighted by molar-refractivity contribution is 0.112. The van der Waals surface area contributed by atoms with Gasteiger partial charge in [0, 0.05) is 12.6 Å². The van der Waals surface area contributed by atoms with Crippen molar-refractivity contribution in [3.63, 3.8) is 0 Å². The summed E-state index contributed by atoms with van der Waals surface area (Å²) < 4.78 is 5.72. The minimum absolute atomic E-state index is 0.354. The van der Waals surface area contributed by atoms with E-state index in [0.29, 0.717) is 12.1 Å². The van der Waals surface area contributed by atoms with Gasteiger partial charge >= 0.3 is 0 Å². The Bertz CT molecular complexity index is 361. The Labute approximate surface area is 110 Å². The van der Waals surface area contributed by atoms with Gasteiger partial charge in [0.2, 0.25) is 0 Å². The van der Waals surface area contributed by atoms with E-state index in [2.05, 4.69) is 29.6 Å². The van der Waals surface area contributed by atoms with Crippen molar-refractivity contribution >= 4 is 0 Å². The standard InChI is InChI=1S/C16H23NO/c1-2-10-17-15(4-1)12-13-6-8-14(9-7-13)16-5-3-11-18-16/h6-9,15-17H,1-5,10-12H2. The number of hydrogen-bond donors (Lipinski definition) is 1. The normalized spacial score (nSPS) is 28.4. The van der Waals surface area contributed by atoms with Crippen molar-refractivity contribution in [1.82, 2.24) is 5.32 Å². The lowest BCUT2D eigenvalue weighted by Crippen LogP contribution is -2.35. The highest BCUT2D eigenvalue weighted by Crippen LogP contribution is 2.28. The fraction of sp³-hybridized carbons (Fsp3) is 0.625. The average molecular weight is 245 g/mol. The lowest BCUT2D eigenvalue weighted by atomic mass is 9.96. The molecule has 98 valence electrons. The van der Waals surface area contributed by atoms with E-state index >= 15 is 0 Å². The highest BCUT2D eigenvalue weighted by molar-refractivity contribution is 5.25. The molecular formula is C16H23NO. The molecule has 2 heteroatoms. The maximum absolute atomic E-state index is 5.72. The van der Waals surface area contributed by atoms with Crippen molar-refractivity contribution in [2.75, 3.05) is 13.2 Å². The van der Waals surface area contributed by atoms with E-state index in [4.69, 9.17) is 4.74 Å². The summed E-state index contributed by atoms with van der Waals surface area (Å²) >= 11 is 0. The fourth-order valence-electron chi connectivity index (χ4n) is 3.09. The van der Waals surface area contributed by atoms with Crippen molar-refractivity contribution in [2.24, 2.45) is 0 Å². The summed E-state index contributed by atoms with van der Waals surface area (Å²) in [5.74, 6) is 0. The Balaban J connectivity index is 1.59. The second-order valence-electron chi connectivity index (χ2n) is 5.59. The molecule has 18 heavy (non-hydrogen) atoms. The van der Waals surface area contributed by atoms with Gasteiger partial charge in [0.1, 0.15) is 0 Å². The Kier molecular flexibility index (Phi) is 3.96. The molecule has 2 atom stereocenters. The van der Waals surface area contributed by atoms with Crippen molar-refractivity contribution in [3.05, 3.63) is 35.4 Å². The highest BCUT2D eigenvalue weighted by Gasteiger charge is 2.18. The Morgan fingerprint density at radius 1 is 1.06 bits per heavy atom. The number of benzene rings is 1. The lowest BCUT2D eigenvalue weighted by Gasteiger charge is -2.23. The quantitative estimate of drug-likeness (QED) is 0.883. The summed E-state index contributed by atoms with van der Waals surface area (Å²) in [6.45, 7) is 2.12. The molecule has 2 saturated heterocycles. The van der Waals surface area contributed by atoms with Crippen LogP contribution in [0.25, 0.3) is 0 Å². The molecule has 0 spiro atoms. The number of piperidine rings is 1. The number of rotatable bonds is 3. The minimum atomic E-state index is 0.354. The van der Waals surface area contributed by atoms with Crippen LogP contribution < -0.4 is 5.32 Å². The van der Waals surface area contributed by atoms with E-state index in [1.807, 2.05) is 0 Å². The fourth-order valence-corrected chi connectivity index (χ4v) is 3.09. The van der Waals surface area contributed by atoms with Crippen molar-refractivity contribution < 1.29 is 4.74 Å². The predicted molar refractivity (Wildman–Crippen MR) is 73.7 cm³/mol. The van der Waals surface area contributed by atoms with Crippen LogP contribution in [0, 0.1) is 0 Å². The van der Waals surface area contributed by atoms with Gasteiger partial charge in [0.25, 0.3) is 0 Å². The molecule has 1 N–H and O–H groups in total. The van der Waals surface area contributed by atoms with Gasteiger partial charge in [-0.2, -0.15) is 0 Å². The second-order valence-corrected chi connectivity index (χ2v) is 5.59. The summed E-state index contributed by atoms with van der Waals surface area (Å²) in [4.78, 5) is 0. The molecule has 0 bridgehead atoms. The van der Waals surface area contributed by atoms with Crippen molar-refractivity contribution in [2.45, 2.75) is 50.7 Å². The van der Waals surface area contributed by atoms with Crippen LogP contribution in [0.3, 0.4) is 0 Å². The summed E-state index contributed by atoms with van der Waals surface area (Å²) in [5.41, 5.74) is 2.81. The van der Waals surface area contributed by atoms with E-state index in [1.165, 1.54) is 56.2 Å². The molecule has 0 radical (unpaired) electrons. The first-order chi connectivity index (χ1) is 8.92. The Hall–Kier alpha value is -0.860. The topological polar surface area (TPSA) is 21.3 Å². The molecule has 1 aromatic carbocycles. The van der Waals surface area contributed by atoms with Crippen LogP contribution in [0.5, 0.6) is 0 Å². The maximum atomic E-state index is 5.72. The maximum Gasteiger partial charge on any atom is 0.0825 e. The smallest absolute Gasteiger partial charge is 0.0825 e. The molecule has 2 unspecified atom stereocenters. The zero-order chi connectivity index (χ0) is 12.2. The first-order valence-electron chi connectivity index (χ1n) is 7.35. The number of hydrogen-bond acceptors (Lipinski definition) is 2. The van der Waals surface area contributed by atoms with Gasteiger partial charge in [0.15, 0.2) is 0 Å². The molecule has 0 aliphatic carbocycles. The molecule has 2 aliphatic heterocycles. The first kappa shape index (κ1) is 12.2. The molecule has 2 fully saturated rings. The van der Waals surface area contributed by atoms with E-state index in [-0.39, 0.29) is 0 Å². The van der Waals surface area contributed by atoms with Gasteiger partial charge < -0.3 is 10.1 Å². The van der Waals surface area contributed by atoms with Crippen LogP contribution >= 0.6 is 0 Å². The summed E-state index contributed by atoms with van der Waals surface area (Å²) in [7, 11) is 0. The molecule has 2 heterocycles. The van der Waals surface area contributed by atoms with Crippen LogP contribution in [0.4, 0.5) is 0 Å². The molecular weight excluding hydrogens is 222 g/mol. The predicted octanol–water partition coefficient (Wildman–Crippen LogP) is 3.22. The molecule has 0 saturated carbocycles. The molecule has 2 aliphatic rings. The van der Waals surface area contributed by atoms with Crippen molar-refractivity contribution in [3.8, 4) is 0 Å². The Morgan fingerprint density at radius 2 is 1.94 bits per heavy atom. The van der Waals surface area contributed by atoms with Crippen LogP contribution in [0.15, 0.2) is 24.3 Å². The third-order valence-electron chi connectivity index (χ3n) is 4.18. The monoisotopic (exact) mass is 245 g/mol. The summed E-state index contributed by atoms with van der Waals surface area (Å²) in [6, 6.07) is 9.77. The van der Waals surface area contributed by atoms with Crippen LogP contribution in [0.2, 0.25) is 0 Å². The molecule has 0 aromatic heterocycles.